The van der Waals surface area contributed by atoms with Crippen LogP contribution in [0.5, 0.6) is 5.88 Å². The van der Waals surface area contributed by atoms with Gasteiger partial charge in [-0.15, -0.1) is 0 Å². The molecule has 0 aromatic carbocycles. The van der Waals surface area contributed by atoms with Crippen LogP contribution in [0.1, 0.15) is 47.5 Å². The molecule has 7 nitrogen and oxygen atoms in total. The molecule has 0 bridgehead atoms. The van der Waals surface area contributed by atoms with Gasteiger partial charge in [0.25, 0.3) is 5.88 Å². The maximum absolute atomic E-state index is 11.9. The first kappa shape index (κ1) is 18.3. The van der Waals surface area contributed by atoms with E-state index in [1.54, 1.807) is 12.4 Å². The fourth-order valence-electron chi connectivity index (χ4n) is 2.55. The number of ether oxygens (including phenoxy) is 2. The summed E-state index contributed by atoms with van der Waals surface area (Å²) in [5.41, 5.74) is -0.479. The Morgan fingerprint density at radius 3 is 2.46 bits per heavy atom. The molecule has 1 N–H and O–H groups in total. The third-order valence-corrected chi connectivity index (χ3v) is 3.51. The van der Waals surface area contributed by atoms with Gasteiger partial charge >= 0.3 is 6.09 Å². The number of rotatable bonds is 4. The molecule has 0 unspecified atom stereocenters. The van der Waals surface area contributed by atoms with Crippen LogP contribution in [0.2, 0.25) is 0 Å². The normalized spacial score (nSPS) is 16.2. The quantitative estimate of drug-likeness (QED) is 0.911. The van der Waals surface area contributed by atoms with E-state index in [9.17, 15) is 4.79 Å². The first-order valence-electron chi connectivity index (χ1n) is 8.47. The monoisotopic (exact) mass is 336 g/mol. The van der Waals surface area contributed by atoms with E-state index in [0.29, 0.717) is 5.88 Å². The van der Waals surface area contributed by atoms with Crippen LogP contribution < -0.4 is 15.0 Å². The fraction of sp³-hybridized carbons (Fsp3) is 0.706. The number of piperidine rings is 1. The highest BCUT2D eigenvalue weighted by atomic mass is 16.6. The van der Waals surface area contributed by atoms with Gasteiger partial charge in [-0.3, -0.25) is 0 Å². The SMILES string of the molecule is CC(C)Oc1nccnc1N1CCC(NC(=O)OC(C)(C)C)CC1. The van der Waals surface area contributed by atoms with Gasteiger partial charge < -0.3 is 19.7 Å². The molecule has 1 fully saturated rings. The topological polar surface area (TPSA) is 76.6 Å². The van der Waals surface area contributed by atoms with E-state index in [-0.39, 0.29) is 18.2 Å². The summed E-state index contributed by atoms with van der Waals surface area (Å²) in [6, 6.07) is 0.113. The van der Waals surface area contributed by atoms with Gasteiger partial charge in [-0.2, -0.15) is 0 Å². The van der Waals surface area contributed by atoms with Crippen molar-refractivity contribution >= 4 is 11.9 Å². The number of amides is 1. The van der Waals surface area contributed by atoms with Crippen LogP contribution in [0.3, 0.4) is 0 Å². The Bertz CT molecular complexity index is 549. The average Bonchev–Trinajstić information content (AvgIpc) is 2.46. The van der Waals surface area contributed by atoms with E-state index in [1.165, 1.54) is 0 Å². The zero-order chi connectivity index (χ0) is 17.7. The molecule has 0 saturated carbocycles. The minimum absolute atomic E-state index is 0.0480. The molecule has 2 heterocycles. The summed E-state index contributed by atoms with van der Waals surface area (Å²) in [6.45, 7) is 11.1. The first-order chi connectivity index (χ1) is 11.2. The average molecular weight is 336 g/mol. The van der Waals surface area contributed by atoms with Crippen LogP contribution in [0.15, 0.2) is 12.4 Å². The summed E-state index contributed by atoms with van der Waals surface area (Å²) in [5, 5.41) is 2.94. The maximum atomic E-state index is 11.9. The zero-order valence-electron chi connectivity index (χ0n) is 15.2. The molecule has 134 valence electrons. The number of carbonyl (C=O) groups excluding carboxylic acids is 1. The standard InChI is InChI=1S/C17H28N4O3/c1-12(2)23-15-14(18-8-9-19-15)21-10-6-13(7-11-21)20-16(22)24-17(3,4)5/h8-9,12-13H,6-7,10-11H2,1-5H3,(H,20,22). The van der Waals surface area contributed by atoms with Crippen molar-refractivity contribution in [3.8, 4) is 5.88 Å². The number of aromatic nitrogens is 2. The Morgan fingerprint density at radius 1 is 1.25 bits per heavy atom. The van der Waals surface area contributed by atoms with Crippen molar-refractivity contribution < 1.29 is 14.3 Å². The van der Waals surface area contributed by atoms with Gasteiger partial charge in [0.1, 0.15) is 5.60 Å². The van der Waals surface area contributed by atoms with Crippen LogP contribution in [-0.2, 0) is 4.74 Å². The molecule has 1 aromatic heterocycles. The van der Waals surface area contributed by atoms with E-state index in [1.807, 2.05) is 34.6 Å². The summed E-state index contributed by atoms with van der Waals surface area (Å²) in [5.74, 6) is 1.33. The second kappa shape index (κ2) is 7.68. The van der Waals surface area contributed by atoms with Gasteiger partial charge in [0.2, 0.25) is 0 Å². The van der Waals surface area contributed by atoms with Crippen LogP contribution in [0, 0.1) is 0 Å². The molecule has 1 saturated heterocycles. The van der Waals surface area contributed by atoms with Crippen molar-refractivity contribution in [1.82, 2.24) is 15.3 Å². The number of anilines is 1. The van der Waals surface area contributed by atoms with E-state index in [4.69, 9.17) is 9.47 Å². The Hall–Kier alpha value is -2.05. The highest BCUT2D eigenvalue weighted by Crippen LogP contribution is 2.26. The van der Waals surface area contributed by atoms with Crippen molar-refractivity contribution in [2.45, 2.75) is 65.2 Å². The summed E-state index contributed by atoms with van der Waals surface area (Å²) in [6.07, 6.45) is 4.66. The third-order valence-electron chi connectivity index (χ3n) is 3.51. The largest absolute Gasteiger partial charge is 0.472 e. The number of hydrogen-bond acceptors (Lipinski definition) is 6. The molecule has 0 atom stereocenters. The molecule has 2 rings (SSSR count). The van der Waals surface area contributed by atoms with Gasteiger partial charge in [-0.1, -0.05) is 0 Å². The lowest BCUT2D eigenvalue weighted by atomic mass is 10.1. The molecular formula is C17H28N4O3. The predicted molar refractivity (Wildman–Crippen MR) is 92.4 cm³/mol. The minimum atomic E-state index is -0.479. The van der Waals surface area contributed by atoms with Crippen LogP contribution in [-0.4, -0.2) is 46.9 Å². The Morgan fingerprint density at radius 2 is 1.88 bits per heavy atom. The highest BCUT2D eigenvalue weighted by Gasteiger charge is 2.26. The Balaban J connectivity index is 1.90. The molecule has 0 radical (unpaired) electrons. The molecule has 1 amide bonds. The highest BCUT2D eigenvalue weighted by molar-refractivity contribution is 5.68. The lowest BCUT2D eigenvalue weighted by Gasteiger charge is -2.34. The Kier molecular flexibility index (Phi) is 5.85. The number of nitrogens with one attached hydrogen (secondary N) is 1. The van der Waals surface area contributed by atoms with Crippen molar-refractivity contribution in [1.29, 1.82) is 0 Å². The Labute approximate surface area is 143 Å². The molecule has 1 aliphatic heterocycles. The van der Waals surface area contributed by atoms with Gasteiger partial charge in [0.05, 0.1) is 6.10 Å². The van der Waals surface area contributed by atoms with Crippen molar-refractivity contribution in [2.24, 2.45) is 0 Å². The predicted octanol–water partition coefficient (Wildman–Crippen LogP) is 2.76. The van der Waals surface area contributed by atoms with Crippen LogP contribution >= 0.6 is 0 Å². The van der Waals surface area contributed by atoms with Crippen molar-refractivity contribution in [2.75, 3.05) is 18.0 Å². The van der Waals surface area contributed by atoms with E-state index in [2.05, 4.69) is 20.2 Å². The summed E-state index contributed by atoms with van der Waals surface area (Å²) >= 11 is 0. The first-order valence-corrected chi connectivity index (χ1v) is 8.47. The molecule has 0 spiro atoms. The van der Waals surface area contributed by atoms with Crippen LogP contribution in [0.25, 0.3) is 0 Å². The van der Waals surface area contributed by atoms with E-state index < -0.39 is 5.60 Å². The van der Waals surface area contributed by atoms with Crippen molar-refractivity contribution in [3.63, 3.8) is 0 Å². The van der Waals surface area contributed by atoms with Gasteiger partial charge in [0, 0.05) is 31.5 Å². The third kappa shape index (κ3) is 5.54. The lowest BCUT2D eigenvalue weighted by molar-refractivity contribution is 0.0497. The zero-order valence-corrected chi connectivity index (χ0v) is 15.2. The lowest BCUT2D eigenvalue weighted by Crippen LogP contribution is -2.46. The number of alkyl carbamates (subject to hydrolysis) is 1. The van der Waals surface area contributed by atoms with Gasteiger partial charge in [-0.25, -0.2) is 14.8 Å². The number of nitrogens with zero attached hydrogens (tertiary/aromatic N) is 3. The number of hydrogen-bond donors (Lipinski definition) is 1. The van der Waals surface area contributed by atoms with Crippen LogP contribution in [0.4, 0.5) is 10.6 Å². The molecule has 7 heteroatoms. The fourth-order valence-corrected chi connectivity index (χ4v) is 2.55. The smallest absolute Gasteiger partial charge is 0.407 e. The molecule has 1 aliphatic rings. The summed E-state index contributed by atoms with van der Waals surface area (Å²) in [4.78, 5) is 22.7. The van der Waals surface area contributed by atoms with E-state index in [0.717, 1.165) is 31.7 Å². The molecule has 0 aliphatic carbocycles. The summed E-state index contributed by atoms with van der Waals surface area (Å²) < 4.78 is 11.0. The van der Waals surface area contributed by atoms with E-state index >= 15 is 0 Å². The molecular weight excluding hydrogens is 308 g/mol. The summed E-state index contributed by atoms with van der Waals surface area (Å²) in [7, 11) is 0. The molecule has 24 heavy (non-hydrogen) atoms. The minimum Gasteiger partial charge on any atom is -0.472 e. The maximum Gasteiger partial charge on any atom is 0.407 e. The second-order valence-electron chi connectivity index (χ2n) is 7.26. The van der Waals surface area contributed by atoms with Gasteiger partial charge in [0.15, 0.2) is 5.82 Å². The second-order valence-corrected chi connectivity index (χ2v) is 7.26. The molecule has 1 aromatic rings. The van der Waals surface area contributed by atoms with Gasteiger partial charge in [-0.05, 0) is 47.5 Å². The van der Waals surface area contributed by atoms with Crippen molar-refractivity contribution in [3.05, 3.63) is 12.4 Å². The number of carbonyl (C=O) groups is 1.